The third-order valence-corrected chi connectivity index (χ3v) is 4.45. The van der Waals surface area contributed by atoms with Crippen LogP contribution >= 0.6 is 27.5 Å². The van der Waals surface area contributed by atoms with E-state index in [1.165, 1.54) is 5.56 Å². The van der Waals surface area contributed by atoms with Gasteiger partial charge < -0.3 is 5.32 Å². The number of hydrogen-bond acceptors (Lipinski definition) is 1. The maximum absolute atomic E-state index is 14.4. The van der Waals surface area contributed by atoms with Gasteiger partial charge in [0.25, 0.3) is 0 Å². The molecule has 0 saturated heterocycles. The van der Waals surface area contributed by atoms with Crippen LogP contribution in [0.15, 0.2) is 40.9 Å². The van der Waals surface area contributed by atoms with Crippen LogP contribution in [0.5, 0.6) is 0 Å². The highest BCUT2D eigenvalue weighted by Gasteiger charge is 2.19. The van der Waals surface area contributed by atoms with Gasteiger partial charge in [0.15, 0.2) is 0 Å². The highest BCUT2D eigenvalue weighted by atomic mass is 79.9. The lowest BCUT2D eigenvalue weighted by atomic mass is 9.97. The van der Waals surface area contributed by atoms with Gasteiger partial charge >= 0.3 is 0 Å². The molecule has 0 saturated carbocycles. The summed E-state index contributed by atoms with van der Waals surface area (Å²) in [7, 11) is 0. The van der Waals surface area contributed by atoms with E-state index in [0.29, 0.717) is 10.0 Å². The summed E-state index contributed by atoms with van der Waals surface area (Å²) in [5.41, 5.74) is 2.76. The summed E-state index contributed by atoms with van der Waals surface area (Å²) in [6.45, 7) is 4.77. The molecule has 0 fully saturated rings. The van der Waals surface area contributed by atoms with Crippen molar-refractivity contribution in [1.82, 2.24) is 5.32 Å². The van der Waals surface area contributed by atoms with E-state index in [1.807, 2.05) is 38.1 Å². The van der Waals surface area contributed by atoms with Crippen molar-refractivity contribution in [3.05, 3.63) is 68.4 Å². The molecule has 1 atom stereocenters. The number of halogens is 3. The van der Waals surface area contributed by atoms with Crippen LogP contribution in [0, 0.1) is 12.7 Å². The molecule has 0 aliphatic heterocycles. The van der Waals surface area contributed by atoms with Crippen molar-refractivity contribution in [2.24, 2.45) is 0 Å². The summed E-state index contributed by atoms with van der Waals surface area (Å²) >= 11 is 9.23. The lowest BCUT2D eigenvalue weighted by Crippen LogP contribution is -2.23. The Kier molecular flexibility index (Phi) is 5.19. The summed E-state index contributed by atoms with van der Waals surface area (Å²) in [4.78, 5) is 0. The van der Waals surface area contributed by atoms with Gasteiger partial charge in [-0.1, -0.05) is 54.4 Å². The fourth-order valence-electron chi connectivity index (χ4n) is 2.13. The van der Waals surface area contributed by atoms with Gasteiger partial charge in [-0.2, -0.15) is 0 Å². The smallest absolute Gasteiger partial charge is 0.148 e. The molecule has 106 valence electrons. The van der Waals surface area contributed by atoms with Crippen molar-refractivity contribution in [1.29, 1.82) is 0 Å². The molecular weight excluding hydrogens is 341 g/mol. The van der Waals surface area contributed by atoms with E-state index in [1.54, 1.807) is 12.1 Å². The molecule has 0 aliphatic carbocycles. The monoisotopic (exact) mass is 355 g/mol. The molecule has 20 heavy (non-hydrogen) atoms. The summed E-state index contributed by atoms with van der Waals surface area (Å²) in [6, 6.07) is 11.4. The molecule has 0 aliphatic rings. The molecule has 2 aromatic rings. The number of nitrogens with one attached hydrogen (secondary N) is 1. The molecule has 0 spiro atoms. The first-order chi connectivity index (χ1) is 9.54. The van der Waals surface area contributed by atoms with Crippen LogP contribution < -0.4 is 5.32 Å². The third kappa shape index (κ3) is 3.22. The van der Waals surface area contributed by atoms with Crippen LogP contribution in [0.3, 0.4) is 0 Å². The van der Waals surface area contributed by atoms with Crippen LogP contribution in [-0.2, 0) is 0 Å². The molecule has 4 heteroatoms. The number of benzene rings is 2. The topological polar surface area (TPSA) is 12.0 Å². The third-order valence-electron chi connectivity index (χ3n) is 3.19. The molecule has 0 aromatic heterocycles. The van der Waals surface area contributed by atoms with E-state index in [9.17, 15) is 4.39 Å². The highest BCUT2D eigenvalue weighted by Crippen LogP contribution is 2.33. The molecule has 1 unspecified atom stereocenters. The second-order valence-electron chi connectivity index (χ2n) is 4.67. The summed E-state index contributed by atoms with van der Waals surface area (Å²) < 4.78 is 15.0. The summed E-state index contributed by atoms with van der Waals surface area (Å²) in [6.07, 6.45) is 0. The molecule has 0 heterocycles. The van der Waals surface area contributed by atoms with Gasteiger partial charge in [-0.25, -0.2) is 4.39 Å². The zero-order chi connectivity index (χ0) is 14.7. The maximum atomic E-state index is 14.4. The Morgan fingerprint density at radius 3 is 2.45 bits per heavy atom. The SMILES string of the molecule is CCNC(c1ccc(C)cc1)c1ccc(Br)c(Cl)c1F. The van der Waals surface area contributed by atoms with Crippen LogP contribution in [0.25, 0.3) is 0 Å². The van der Waals surface area contributed by atoms with Gasteiger partial charge in [0.1, 0.15) is 5.82 Å². The fourth-order valence-corrected chi connectivity index (χ4v) is 2.61. The quantitative estimate of drug-likeness (QED) is 0.738. The van der Waals surface area contributed by atoms with E-state index in [-0.39, 0.29) is 16.9 Å². The lowest BCUT2D eigenvalue weighted by Gasteiger charge is -2.20. The second kappa shape index (κ2) is 6.70. The molecule has 1 nitrogen and oxygen atoms in total. The maximum Gasteiger partial charge on any atom is 0.148 e. The van der Waals surface area contributed by atoms with Crippen LogP contribution in [0.2, 0.25) is 5.02 Å². The number of rotatable bonds is 4. The van der Waals surface area contributed by atoms with Gasteiger partial charge in [-0.05, 0) is 41.0 Å². The molecule has 2 aromatic carbocycles. The summed E-state index contributed by atoms with van der Waals surface area (Å²) in [5, 5.41) is 3.43. The van der Waals surface area contributed by atoms with Crippen molar-refractivity contribution in [2.75, 3.05) is 6.54 Å². The van der Waals surface area contributed by atoms with Crippen LogP contribution in [0.4, 0.5) is 4.39 Å². The Balaban J connectivity index is 2.48. The Labute approximate surface area is 132 Å². The minimum Gasteiger partial charge on any atom is -0.306 e. The Bertz CT molecular complexity index is 598. The van der Waals surface area contributed by atoms with Gasteiger partial charge in [-0.3, -0.25) is 0 Å². The van der Waals surface area contributed by atoms with E-state index in [2.05, 4.69) is 21.2 Å². The summed E-state index contributed by atoms with van der Waals surface area (Å²) in [5.74, 6) is -0.382. The van der Waals surface area contributed by atoms with Crippen LogP contribution in [0.1, 0.15) is 29.7 Å². The first kappa shape index (κ1) is 15.5. The highest BCUT2D eigenvalue weighted by molar-refractivity contribution is 9.10. The minimum absolute atomic E-state index is 0.123. The number of hydrogen-bond donors (Lipinski definition) is 1. The zero-order valence-corrected chi connectivity index (χ0v) is 13.7. The van der Waals surface area contributed by atoms with Gasteiger partial charge in [0.2, 0.25) is 0 Å². The molecule has 0 radical (unpaired) electrons. The Morgan fingerprint density at radius 1 is 1.20 bits per heavy atom. The molecule has 2 rings (SSSR count). The van der Waals surface area contributed by atoms with Crippen molar-refractivity contribution < 1.29 is 4.39 Å². The molecular formula is C16H16BrClFN. The first-order valence-corrected chi connectivity index (χ1v) is 7.65. The normalized spacial score (nSPS) is 12.4. The number of aryl methyl sites for hydroxylation is 1. The first-order valence-electron chi connectivity index (χ1n) is 6.48. The van der Waals surface area contributed by atoms with Crippen molar-refractivity contribution in [3.8, 4) is 0 Å². The van der Waals surface area contributed by atoms with Crippen molar-refractivity contribution in [3.63, 3.8) is 0 Å². The predicted molar refractivity (Wildman–Crippen MR) is 85.8 cm³/mol. The second-order valence-corrected chi connectivity index (χ2v) is 5.90. The Hall–Kier alpha value is -0.900. The molecule has 0 bridgehead atoms. The van der Waals surface area contributed by atoms with Crippen molar-refractivity contribution in [2.45, 2.75) is 19.9 Å². The largest absolute Gasteiger partial charge is 0.306 e. The average molecular weight is 357 g/mol. The van der Waals surface area contributed by atoms with Gasteiger partial charge in [-0.15, -0.1) is 0 Å². The Morgan fingerprint density at radius 2 is 1.85 bits per heavy atom. The van der Waals surface area contributed by atoms with E-state index >= 15 is 0 Å². The van der Waals surface area contributed by atoms with E-state index in [4.69, 9.17) is 11.6 Å². The van der Waals surface area contributed by atoms with Crippen molar-refractivity contribution >= 4 is 27.5 Å². The standard InChI is InChI=1S/C16H16BrClFN/c1-3-20-16(11-6-4-10(2)5-7-11)12-8-9-13(17)14(18)15(12)19/h4-9,16,20H,3H2,1-2H3. The van der Waals surface area contributed by atoms with Gasteiger partial charge in [0, 0.05) is 10.0 Å². The van der Waals surface area contributed by atoms with Gasteiger partial charge in [0.05, 0.1) is 11.1 Å². The lowest BCUT2D eigenvalue weighted by molar-refractivity contribution is 0.558. The van der Waals surface area contributed by atoms with Crippen LogP contribution in [-0.4, -0.2) is 6.54 Å². The molecule has 0 amide bonds. The van der Waals surface area contributed by atoms with E-state index in [0.717, 1.165) is 12.1 Å². The fraction of sp³-hybridized carbons (Fsp3) is 0.250. The predicted octanol–water partition coefficient (Wildman–Crippen LogP) is 5.25. The average Bonchev–Trinajstić information content (AvgIpc) is 2.44. The minimum atomic E-state index is -0.382. The molecule has 1 N–H and O–H groups in total. The zero-order valence-electron chi connectivity index (χ0n) is 11.4. The van der Waals surface area contributed by atoms with E-state index < -0.39 is 0 Å².